The number of nitrogens with one attached hydrogen (secondary N) is 1. The van der Waals surface area contributed by atoms with Crippen molar-refractivity contribution in [2.24, 2.45) is 0 Å². The van der Waals surface area contributed by atoms with E-state index in [9.17, 15) is 13.5 Å². The number of hydrogen-bond donors (Lipinski definition) is 2. The van der Waals surface area contributed by atoms with Gasteiger partial charge in [-0.3, -0.25) is 19.3 Å². The molecular weight excluding hydrogens is 512 g/mol. The summed E-state index contributed by atoms with van der Waals surface area (Å²) in [5.41, 5.74) is 1.25. The second kappa shape index (κ2) is 11.5. The van der Waals surface area contributed by atoms with E-state index in [1.165, 1.54) is 30.9 Å². The number of aryl methyl sites for hydroxylation is 1. The van der Waals surface area contributed by atoms with Crippen molar-refractivity contribution in [3.8, 4) is 17.2 Å². The Labute approximate surface area is 221 Å². The van der Waals surface area contributed by atoms with Crippen LogP contribution in [0.3, 0.4) is 0 Å². The lowest BCUT2D eigenvalue weighted by Gasteiger charge is -2.26. The Morgan fingerprint density at radius 1 is 1.18 bits per heavy atom. The van der Waals surface area contributed by atoms with Gasteiger partial charge in [0.1, 0.15) is 34.6 Å². The number of anilines is 1. The molecule has 1 aliphatic rings. The Bertz CT molecular complexity index is 1390. The summed E-state index contributed by atoms with van der Waals surface area (Å²) < 4.78 is 48.6. The zero-order valence-corrected chi connectivity index (χ0v) is 22.7. The first-order valence-corrected chi connectivity index (χ1v) is 13.7. The van der Waals surface area contributed by atoms with Gasteiger partial charge in [-0.25, -0.2) is 8.42 Å². The molecule has 0 fully saturated rings. The average molecular weight is 545 g/mol. The lowest BCUT2D eigenvalue weighted by molar-refractivity contribution is 0.00394. The molecule has 38 heavy (non-hydrogen) atoms. The van der Waals surface area contributed by atoms with Gasteiger partial charge in [0.2, 0.25) is 16.0 Å². The van der Waals surface area contributed by atoms with E-state index < -0.39 is 27.5 Å². The molecule has 2 N–H and O–H groups in total. The van der Waals surface area contributed by atoms with Gasteiger partial charge in [-0.1, -0.05) is 18.2 Å². The molecule has 0 bridgehead atoms. The summed E-state index contributed by atoms with van der Waals surface area (Å²) in [6.07, 6.45) is 5.74. The summed E-state index contributed by atoms with van der Waals surface area (Å²) in [7, 11) is -2.70. The van der Waals surface area contributed by atoms with Crippen molar-refractivity contribution in [2.45, 2.75) is 57.7 Å². The topological polar surface area (TPSA) is 151 Å². The van der Waals surface area contributed by atoms with Crippen molar-refractivity contribution >= 4 is 16.0 Å². The monoisotopic (exact) mass is 544 g/mol. The fourth-order valence-corrected chi connectivity index (χ4v) is 5.11. The highest BCUT2D eigenvalue weighted by atomic mass is 32.2. The summed E-state index contributed by atoms with van der Waals surface area (Å²) in [5.74, 6) is 0.253. The SMILES string of the molecule is COc1cccc(O)c1-n1c(NS(=O)(=O)[C@@H](C)[C@@H](OC(C)C)c2cnc(C)cn2)nnc1[C@H]1C=CCCO1. The molecule has 0 spiro atoms. The summed E-state index contributed by atoms with van der Waals surface area (Å²) in [4.78, 5) is 8.60. The molecule has 0 amide bonds. The smallest absolute Gasteiger partial charge is 0.243 e. The minimum Gasteiger partial charge on any atom is -0.506 e. The minimum absolute atomic E-state index is 0.146. The molecule has 3 aromatic rings. The highest BCUT2D eigenvalue weighted by molar-refractivity contribution is 7.93. The van der Waals surface area contributed by atoms with E-state index in [0.29, 0.717) is 18.0 Å². The van der Waals surface area contributed by atoms with E-state index in [0.717, 1.165) is 6.42 Å². The summed E-state index contributed by atoms with van der Waals surface area (Å²) in [6.45, 7) is 7.39. The van der Waals surface area contributed by atoms with E-state index in [1.54, 1.807) is 31.3 Å². The van der Waals surface area contributed by atoms with Crippen LogP contribution in [0.4, 0.5) is 5.95 Å². The lowest BCUT2D eigenvalue weighted by Crippen LogP contribution is -2.34. The Hall–Kier alpha value is -3.55. The minimum atomic E-state index is -4.14. The molecule has 0 radical (unpaired) electrons. The molecular formula is C25H32N6O6S. The van der Waals surface area contributed by atoms with Gasteiger partial charge in [0, 0.05) is 6.20 Å². The van der Waals surface area contributed by atoms with Crippen molar-refractivity contribution in [3.05, 3.63) is 60.0 Å². The molecule has 0 saturated heterocycles. The number of phenols is 1. The Balaban J connectivity index is 1.78. The Morgan fingerprint density at radius 3 is 2.61 bits per heavy atom. The van der Waals surface area contributed by atoms with Crippen LogP contribution in [0.25, 0.3) is 5.69 Å². The van der Waals surface area contributed by atoms with Crippen molar-refractivity contribution < 1.29 is 27.7 Å². The first kappa shape index (κ1) is 27.5. The van der Waals surface area contributed by atoms with Crippen LogP contribution in [-0.2, 0) is 19.5 Å². The summed E-state index contributed by atoms with van der Waals surface area (Å²) >= 11 is 0. The molecule has 4 rings (SSSR count). The highest BCUT2D eigenvalue weighted by Gasteiger charge is 2.36. The number of aromatic nitrogens is 5. The van der Waals surface area contributed by atoms with Gasteiger partial charge in [-0.15, -0.1) is 10.2 Å². The lowest BCUT2D eigenvalue weighted by atomic mass is 10.2. The average Bonchev–Trinajstić information content (AvgIpc) is 3.29. The number of sulfonamides is 1. The maximum atomic E-state index is 13.7. The molecule has 12 nitrogen and oxygen atoms in total. The van der Waals surface area contributed by atoms with Gasteiger partial charge in [0.15, 0.2) is 5.82 Å². The molecule has 0 unspecified atom stereocenters. The first-order chi connectivity index (χ1) is 18.1. The summed E-state index contributed by atoms with van der Waals surface area (Å²) in [6, 6.07) is 4.71. The normalized spacial score (nSPS) is 17.4. The van der Waals surface area contributed by atoms with E-state index in [-0.39, 0.29) is 35.1 Å². The third kappa shape index (κ3) is 5.79. The third-order valence-electron chi connectivity index (χ3n) is 5.92. The van der Waals surface area contributed by atoms with Crippen LogP contribution in [-0.4, -0.2) is 63.3 Å². The van der Waals surface area contributed by atoms with Crippen LogP contribution in [0.1, 0.15) is 56.6 Å². The van der Waals surface area contributed by atoms with Gasteiger partial charge in [0.05, 0.1) is 37.4 Å². The number of methoxy groups -OCH3 is 1. The van der Waals surface area contributed by atoms with Crippen molar-refractivity contribution in [3.63, 3.8) is 0 Å². The van der Waals surface area contributed by atoms with E-state index in [2.05, 4.69) is 24.9 Å². The molecule has 204 valence electrons. The predicted molar refractivity (Wildman–Crippen MR) is 140 cm³/mol. The van der Waals surface area contributed by atoms with Gasteiger partial charge in [-0.2, -0.15) is 0 Å². The zero-order chi connectivity index (χ0) is 27.4. The molecule has 0 aliphatic carbocycles. The van der Waals surface area contributed by atoms with Gasteiger partial charge >= 0.3 is 0 Å². The van der Waals surface area contributed by atoms with Crippen LogP contribution >= 0.6 is 0 Å². The van der Waals surface area contributed by atoms with Crippen LogP contribution in [0.2, 0.25) is 0 Å². The zero-order valence-electron chi connectivity index (χ0n) is 21.9. The van der Waals surface area contributed by atoms with E-state index in [4.69, 9.17) is 14.2 Å². The second-order valence-electron chi connectivity index (χ2n) is 9.09. The molecule has 13 heteroatoms. The highest BCUT2D eigenvalue weighted by Crippen LogP contribution is 2.37. The third-order valence-corrected chi connectivity index (χ3v) is 7.61. The molecule has 3 atom stereocenters. The number of hydrogen-bond acceptors (Lipinski definition) is 10. The quantitative estimate of drug-likeness (QED) is 0.363. The summed E-state index contributed by atoms with van der Waals surface area (Å²) in [5, 5.41) is 18.0. The van der Waals surface area contributed by atoms with E-state index in [1.807, 2.05) is 19.9 Å². The fourth-order valence-electron chi connectivity index (χ4n) is 4.01. The van der Waals surface area contributed by atoms with Crippen LogP contribution in [0.15, 0.2) is 42.7 Å². The number of ether oxygens (including phenoxy) is 3. The largest absolute Gasteiger partial charge is 0.506 e. The molecule has 1 aliphatic heterocycles. The van der Waals surface area contributed by atoms with Gasteiger partial charge in [-0.05, 0) is 46.2 Å². The molecule has 3 heterocycles. The fraction of sp³-hybridized carbons (Fsp3) is 0.440. The molecule has 0 saturated carbocycles. The Kier molecular flexibility index (Phi) is 8.29. The molecule has 1 aromatic carbocycles. The number of aromatic hydroxyl groups is 1. The maximum absolute atomic E-state index is 13.7. The van der Waals surface area contributed by atoms with Crippen LogP contribution in [0.5, 0.6) is 11.5 Å². The van der Waals surface area contributed by atoms with Crippen molar-refractivity contribution in [1.82, 2.24) is 24.7 Å². The van der Waals surface area contributed by atoms with Gasteiger partial charge in [0.25, 0.3) is 0 Å². The number of phenolic OH excluding ortho intramolecular Hbond substituents is 1. The number of para-hydroxylation sites is 1. The number of benzene rings is 1. The van der Waals surface area contributed by atoms with Crippen LogP contribution < -0.4 is 9.46 Å². The van der Waals surface area contributed by atoms with Crippen molar-refractivity contribution in [1.29, 1.82) is 0 Å². The number of nitrogens with zero attached hydrogens (tertiary/aromatic N) is 5. The Morgan fingerprint density at radius 2 is 1.97 bits per heavy atom. The standard InChI is InChI=1S/C25H32N6O6S/c1-15(2)37-23(18-14-26-16(3)13-27-18)17(4)38(33,34)30-25-29-28-24(21-10-6-7-12-36-21)31(25)22-19(32)9-8-11-20(22)35-5/h6,8-11,13-15,17,21,23,32H,7,12H2,1-5H3,(H,29,30)/t17-,21+,23+/m0/s1. The predicted octanol–water partition coefficient (Wildman–Crippen LogP) is 3.39. The first-order valence-electron chi connectivity index (χ1n) is 12.2. The second-order valence-corrected chi connectivity index (χ2v) is 11.1. The van der Waals surface area contributed by atoms with E-state index >= 15 is 0 Å². The maximum Gasteiger partial charge on any atom is 0.243 e. The molecule has 2 aromatic heterocycles. The van der Waals surface area contributed by atoms with Crippen LogP contribution in [0, 0.1) is 6.92 Å². The van der Waals surface area contributed by atoms with Crippen molar-refractivity contribution in [2.75, 3.05) is 18.4 Å². The number of rotatable bonds is 10. The van der Waals surface area contributed by atoms with Gasteiger partial charge < -0.3 is 19.3 Å².